The predicted octanol–water partition coefficient (Wildman–Crippen LogP) is 1.67. The maximum absolute atomic E-state index is 11.3. The lowest BCUT2D eigenvalue weighted by Crippen LogP contribution is -2.37. The van der Waals surface area contributed by atoms with Crippen molar-refractivity contribution in [1.29, 1.82) is 0 Å². The first-order chi connectivity index (χ1) is 8.10. The maximum Gasteiger partial charge on any atom is 0.314 e. The molecular weight excluding hydrogens is 220 g/mol. The van der Waals surface area contributed by atoms with Crippen molar-refractivity contribution in [3.63, 3.8) is 0 Å². The van der Waals surface area contributed by atoms with Crippen LogP contribution >= 0.6 is 0 Å². The molecule has 1 unspecified atom stereocenters. The first-order valence-corrected chi connectivity index (χ1v) is 6.27. The SMILES string of the molecule is CCCC(C)CC(=O)OCCNC(=O)NCC. The first kappa shape index (κ1) is 15.7. The number of urea groups is 1. The van der Waals surface area contributed by atoms with Crippen molar-refractivity contribution in [2.24, 2.45) is 5.92 Å². The van der Waals surface area contributed by atoms with E-state index in [0.717, 1.165) is 12.8 Å². The minimum atomic E-state index is -0.233. The minimum Gasteiger partial charge on any atom is -0.464 e. The van der Waals surface area contributed by atoms with Crippen LogP contribution in [0.3, 0.4) is 0 Å². The quantitative estimate of drug-likeness (QED) is 0.504. The molecule has 1 atom stereocenters. The number of hydrogen-bond acceptors (Lipinski definition) is 3. The van der Waals surface area contributed by atoms with E-state index in [1.165, 1.54) is 0 Å². The van der Waals surface area contributed by atoms with Crippen LogP contribution in [0, 0.1) is 5.92 Å². The van der Waals surface area contributed by atoms with Crippen molar-refractivity contribution in [1.82, 2.24) is 10.6 Å². The second-order valence-corrected chi connectivity index (χ2v) is 4.10. The topological polar surface area (TPSA) is 67.4 Å². The van der Waals surface area contributed by atoms with E-state index in [4.69, 9.17) is 4.74 Å². The Hall–Kier alpha value is -1.26. The fourth-order valence-corrected chi connectivity index (χ4v) is 1.49. The monoisotopic (exact) mass is 244 g/mol. The predicted molar refractivity (Wildman–Crippen MR) is 66.7 cm³/mol. The van der Waals surface area contributed by atoms with E-state index in [1.54, 1.807) is 0 Å². The number of nitrogens with one attached hydrogen (secondary N) is 2. The second kappa shape index (κ2) is 9.93. The van der Waals surface area contributed by atoms with Crippen LogP contribution in [0.1, 0.15) is 40.0 Å². The Kier molecular flexibility index (Phi) is 9.19. The van der Waals surface area contributed by atoms with Gasteiger partial charge in [-0.3, -0.25) is 4.79 Å². The van der Waals surface area contributed by atoms with Crippen molar-refractivity contribution >= 4 is 12.0 Å². The summed E-state index contributed by atoms with van der Waals surface area (Å²) in [5.74, 6) is 0.174. The average molecular weight is 244 g/mol. The third-order valence-electron chi connectivity index (χ3n) is 2.28. The Morgan fingerprint density at radius 2 is 1.94 bits per heavy atom. The number of hydrogen-bond donors (Lipinski definition) is 2. The van der Waals surface area contributed by atoms with Gasteiger partial charge in [0.2, 0.25) is 0 Å². The van der Waals surface area contributed by atoms with Crippen molar-refractivity contribution in [3.05, 3.63) is 0 Å². The van der Waals surface area contributed by atoms with Gasteiger partial charge in [0.25, 0.3) is 0 Å². The molecule has 2 N–H and O–H groups in total. The summed E-state index contributed by atoms with van der Waals surface area (Å²) in [5.41, 5.74) is 0. The maximum atomic E-state index is 11.3. The zero-order valence-corrected chi connectivity index (χ0v) is 11.0. The molecule has 0 aliphatic heterocycles. The van der Waals surface area contributed by atoms with Gasteiger partial charge in [0, 0.05) is 13.0 Å². The highest BCUT2D eigenvalue weighted by Gasteiger charge is 2.09. The molecule has 0 aliphatic rings. The number of amides is 2. The van der Waals surface area contributed by atoms with Gasteiger partial charge in [-0.1, -0.05) is 26.7 Å². The highest BCUT2D eigenvalue weighted by atomic mass is 16.5. The second-order valence-electron chi connectivity index (χ2n) is 4.10. The van der Waals surface area contributed by atoms with Crippen molar-refractivity contribution in [2.45, 2.75) is 40.0 Å². The molecule has 0 saturated carbocycles. The Morgan fingerprint density at radius 1 is 1.24 bits per heavy atom. The Labute approximate surface area is 103 Å². The van der Waals surface area contributed by atoms with Crippen molar-refractivity contribution in [3.8, 4) is 0 Å². The number of esters is 1. The van der Waals surface area contributed by atoms with Gasteiger partial charge in [-0.05, 0) is 12.8 Å². The standard InChI is InChI=1S/C12H24N2O3/c1-4-6-10(3)9-11(15)17-8-7-14-12(16)13-5-2/h10H,4-9H2,1-3H3,(H2,13,14,16). The van der Waals surface area contributed by atoms with E-state index in [2.05, 4.69) is 17.6 Å². The molecule has 0 aromatic carbocycles. The summed E-state index contributed by atoms with van der Waals surface area (Å²) < 4.78 is 5.01. The number of rotatable bonds is 8. The molecule has 100 valence electrons. The van der Waals surface area contributed by atoms with Gasteiger partial charge in [-0.15, -0.1) is 0 Å². The van der Waals surface area contributed by atoms with Crippen LogP contribution in [0.5, 0.6) is 0 Å². The summed E-state index contributed by atoms with van der Waals surface area (Å²) >= 11 is 0. The van der Waals surface area contributed by atoms with Gasteiger partial charge < -0.3 is 15.4 Å². The number of carbonyl (C=O) groups is 2. The molecule has 17 heavy (non-hydrogen) atoms. The fraction of sp³-hybridized carbons (Fsp3) is 0.833. The first-order valence-electron chi connectivity index (χ1n) is 6.27. The van der Waals surface area contributed by atoms with Gasteiger partial charge in [0.1, 0.15) is 6.61 Å². The van der Waals surface area contributed by atoms with Crippen LogP contribution in [0.15, 0.2) is 0 Å². The molecule has 5 heteroatoms. The van der Waals surface area contributed by atoms with Gasteiger partial charge in [-0.2, -0.15) is 0 Å². The van der Waals surface area contributed by atoms with Gasteiger partial charge in [-0.25, -0.2) is 4.79 Å². The fourth-order valence-electron chi connectivity index (χ4n) is 1.49. The van der Waals surface area contributed by atoms with E-state index in [0.29, 0.717) is 25.4 Å². The summed E-state index contributed by atoms with van der Waals surface area (Å²) in [7, 11) is 0. The molecule has 0 fully saturated rings. The van der Waals surface area contributed by atoms with Crippen LogP contribution in [-0.4, -0.2) is 31.7 Å². The Balaban J connectivity index is 3.48. The Morgan fingerprint density at radius 3 is 2.53 bits per heavy atom. The highest BCUT2D eigenvalue weighted by Crippen LogP contribution is 2.10. The average Bonchev–Trinajstić information content (AvgIpc) is 2.25. The molecule has 0 heterocycles. The van der Waals surface area contributed by atoms with Crippen LogP contribution < -0.4 is 10.6 Å². The molecule has 0 spiro atoms. The van der Waals surface area contributed by atoms with E-state index in [1.807, 2.05) is 13.8 Å². The van der Waals surface area contributed by atoms with Crippen LogP contribution in [0.25, 0.3) is 0 Å². The summed E-state index contributed by atoms with van der Waals surface area (Å²) in [6.07, 6.45) is 2.56. The molecule has 0 aromatic heterocycles. The summed E-state index contributed by atoms with van der Waals surface area (Å²) in [6, 6.07) is -0.233. The smallest absolute Gasteiger partial charge is 0.314 e. The normalized spacial score (nSPS) is 11.7. The van der Waals surface area contributed by atoms with Gasteiger partial charge >= 0.3 is 12.0 Å². The molecular formula is C12H24N2O3. The molecule has 5 nitrogen and oxygen atoms in total. The molecule has 0 rings (SSSR count). The molecule has 0 bridgehead atoms. The number of carbonyl (C=O) groups excluding carboxylic acids is 2. The molecule has 2 amide bonds. The van der Waals surface area contributed by atoms with Crippen LogP contribution in [0.2, 0.25) is 0 Å². The van der Waals surface area contributed by atoms with E-state index in [9.17, 15) is 9.59 Å². The number of ether oxygens (including phenoxy) is 1. The lowest BCUT2D eigenvalue weighted by molar-refractivity contribution is -0.144. The van der Waals surface area contributed by atoms with E-state index >= 15 is 0 Å². The molecule has 0 saturated heterocycles. The Bertz CT molecular complexity index is 232. The lowest BCUT2D eigenvalue weighted by atomic mass is 10.0. The summed E-state index contributed by atoms with van der Waals surface area (Å²) in [5, 5.41) is 5.18. The minimum absolute atomic E-state index is 0.191. The zero-order chi connectivity index (χ0) is 13.1. The van der Waals surface area contributed by atoms with Crippen LogP contribution in [-0.2, 0) is 9.53 Å². The molecule has 0 aromatic rings. The molecule has 0 aliphatic carbocycles. The van der Waals surface area contributed by atoms with E-state index < -0.39 is 0 Å². The van der Waals surface area contributed by atoms with E-state index in [-0.39, 0.29) is 18.6 Å². The van der Waals surface area contributed by atoms with Crippen molar-refractivity contribution < 1.29 is 14.3 Å². The third kappa shape index (κ3) is 9.66. The third-order valence-corrected chi connectivity index (χ3v) is 2.28. The van der Waals surface area contributed by atoms with Gasteiger partial charge in [0.05, 0.1) is 6.54 Å². The summed E-state index contributed by atoms with van der Waals surface area (Å²) in [6.45, 7) is 7.14. The van der Waals surface area contributed by atoms with Gasteiger partial charge in [0.15, 0.2) is 0 Å². The largest absolute Gasteiger partial charge is 0.464 e. The summed E-state index contributed by atoms with van der Waals surface area (Å²) in [4.78, 5) is 22.3. The molecule has 0 radical (unpaired) electrons. The zero-order valence-electron chi connectivity index (χ0n) is 11.0. The van der Waals surface area contributed by atoms with Crippen LogP contribution in [0.4, 0.5) is 4.79 Å². The highest BCUT2D eigenvalue weighted by molar-refractivity contribution is 5.73. The lowest BCUT2D eigenvalue weighted by Gasteiger charge is -2.10. The van der Waals surface area contributed by atoms with Crippen molar-refractivity contribution in [2.75, 3.05) is 19.7 Å².